The lowest BCUT2D eigenvalue weighted by Crippen LogP contribution is -2.34. The average Bonchev–Trinajstić information content (AvgIpc) is 3.04. The summed E-state index contributed by atoms with van der Waals surface area (Å²) in [4.78, 5) is 13.2. The standard InChI is InChI=1S/C12H16F2N2O3S2/c1-7-4-8(5-15)6-16(7)11(17)10-9(2-3-20-10)21(18,19)12(13)14/h2-3,7-8,12H,4-6,15H2,1H3. The van der Waals surface area contributed by atoms with Crippen LogP contribution in [0.1, 0.15) is 23.0 Å². The van der Waals surface area contributed by atoms with E-state index in [4.69, 9.17) is 5.73 Å². The van der Waals surface area contributed by atoms with E-state index in [2.05, 4.69) is 0 Å². The SMILES string of the molecule is CC1CC(CN)CN1C(=O)c1sccc1S(=O)(=O)C(F)F. The lowest BCUT2D eigenvalue weighted by atomic mass is 10.1. The highest BCUT2D eigenvalue weighted by atomic mass is 32.2. The second-order valence-corrected chi connectivity index (χ2v) is 7.87. The van der Waals surface area contributed by atoms with Crippen molar-refractivity contribution in [1.82, 2.24) is 4.90 Å². The Morgan fingerprint density at radius 3 is 2.76 bits per heavy atom. The molecule has 0 bridgehead atoms. The van der Waals surface area contributed by atoms with Crippen molar-refractivity contribution in [2.75, 3.05) is 13.1 Å². The van der Waals surface area contributed by atoms with E-state index < -0.39 is 26.4 Å². The molecule has 1 amide bonds. The predicted octanol–water partition coefficient (Wildman–Crippen LogP) is 1.55. The van der Waals surface area contributed by atoms with Gasteiger partial charge in [-0.2, -0.15) is 8.78 Å². The Kier molecular flexibility index (Phi) is 4.64. The number of hydrogen-bond acceptors (Lipinski definition) is 5. The van der Waals surface area contributed by atoms with E-state index in [1.807, 2.05) is 6.92 Å². The van der Waals surface area contributed by atoms with Crippen LogP contribution < -0.4 is 5.73 Å². The maximum absolute atomic E-state index is 12.7. The van der Waals surface area contributed by atoms with E-state index in [0.29, 0.717) is 13.1 Å². The summed E-state index contributed by atoms with van der Waals surface area (Å²) in [6.07, 6.45) is 0.727. The fraction of sp³-hybridized carbons (Fsp3) is 0.583. The second-order valence-electron chi connectivity index (χ2n) is 5.06. The molecule has 0 spiro atoms. The summed E-state index contributed by atoms with van der Waals surface area (Å²) in [5, 5.41) is 1.34. The molecule has 9 heteroatoms. The van der Waals surface area contributed by atoms with Gasteiger partial charge in [-0.05, 0) is 37.3 Å². The third-order valence-electron chi connectivity index (χ3n) is 3.62. The van der Waals surface area contributed by atoms with Gasteiger partial charge < -0.3 is 10.6 Å². The molecule has 1 aliphatic heterocycles. The first kappa shape index (κ1) is 16.3. The minimum Gasteiger partial charge on any atom is -0.335 e. The van der Waals surface area contributed by atoms with Crippen molar-refractivity contribution in [2.24, 2.45) is 11.7 Å². The van der Waals surface area contributed by atoms with Crippen molar-refractivity contribution < 1.29 is 22.0 Å². The number of hydrogen-bond donors (Lipinski definition) is 1. The highest BCUT2D eigenvalue weighted by Crippen LogP contribution is 2.31. The van der Waals surface area contributed by atoms with Crippen LogP contribution in [0, 0.1) is 5.92 Å². The normalized spacial score (nSPS) is 23.0. The van der Waals surface area contributed by atoms with Gasteiger partial charge in [0.05, 0.1) is 4.90 Å². The molecule has 2 atom stereocenters. The van der Waals surface area contributed by atoms with E-state index in [1.165, 1.54) is 10.3 Å². The van der Waals surface area contributed by atoms with Crippen molar-refractivity contribution >= 4 is 27.1 Å². The van der Waals surface area contributed by atoms with Crippen LogP contribution in [0.3, 0.4) is 0 Å². The van der Waals surface area contributed by atoms with Crippen LogP contribution in [0.25, 0.3) is 0 Å². The smallest absolute Gasteiger partial charge is 0.335 e. The summed E-state index contributed by atoms with van der Waals surface area (Å²) in [7, 11) is -4.77. The monoisotopic (exact) mass is 338 g/mol. The number of nitrogens with two attached hydrogens (primary N) is 1. The Bertz CT molecular complexity index is 630. The molecule has 2 N–H and O–H groups in total. The van der Waals surface area contributed by atoms with Gasteiger partial charge in [0.15, 0.2) is 0 Å². The van der Waals surface area contributed by atoms with Gasteiger partial charge in [0, 0.05) is 12.6 Å². The number of carbonyl (C=O) groups excluding carboxylic acids is 1. The number of likely N-dealkylation sites (tertiary alicyclic amines) is 1. The Balaban J connectivity index is 2.32. The van der Waals surface area contributed by atoms with Gasteiger partial charge in [0.2, 0.25) is 9.84 Å². The average molecular weight is 338 g/mol. The fourth-order valence-corrected chi connectivity index (χ4v) is 4.62. The number of amides is 1. The first-order valence-electron chi connectivity index (χ1n) is 6.39. The minimum atomic E-state index is -4.77. The van der Waals surface area contributed by atoms with Crippen molar-refractivity contribution in [2.45, 2.75) is 30.0 Å². The Hall–Kier alpha value is -1.06. The number of carbonyl (C=O) groups is 1. The maximum atomic E-state index is 12.7. The predicted molar refractivity (Wildman–Crippen MR) is 75.2 cm³/mol. The van der Waals surface area contributed by atoms with E-state index in [1.54, 1.807) is 0 Å². The molecule has 1 aromatic heterocycles. The largest absolute Gasteiger partial charge is 0.341 e. The molecule has 2 unspecified atom stereocenters. The molecule has 118 valence electrons. The zero-order chi connectivity index (χ0) is 15.8. The zero-order valence-corrected chi connectivity index (χ0v) is 13.0. The topological polar surface area (TPSA) is 80.5 Å². The minimum absolute atomic E-state index is 0.0877. The first-order chi connectivity index (χ1) is 9.78. The van der Waals surface area contributed by atoms with Gasteiger partial charge in [-0.1, -0.05) is 0 Å². The molecule has 0 aromatic carbocycles. The number of thiophene rings is 1. The van der Waals surface area contributed by atoms with Gasteiger partial charge >= 0.3 is 5.76 Å². The highest BCUT2D eigenvalue weighted by molar-refractivity contribution is 7.92. The quantitative estimate of drug-likeness (QED) is 0.903. The van der Waals surface area contributed by atoms with Crippen molar-refractivity contribution in [3.8, 4) is 0 Å². The Morgan fingerprint density at radius 2 is 2.24 bits per heavy atom. The number of halogens is 2. The lowest BCUT2D eigenvalue weighted by Gasteiger charge is -2.21. The van der Waals surface area contributed by atoms with E-state index in [-0.39, 0.29) is 16.8 Å². The summed E-state index contributed by atoms with van der Waals surface area (Å²) in [6.45, 7) is 2.69. The molecule has 0 radical (unpaired) electrons. The van der Waals surface area contributed by atoms with Crippen LogP contribution in [0.15, 0.2) is 16.3 Å². The van der Waals surface area contributed by atoms with Gasteiger partial charge in [-0.15, -0.1) is 11.3 Å². The number of alkyl halides is 2. The van der Waals surface area contributed by atoms with Gasteiger partial charge in [0.25, 0.3) is 5.91 Å². The third kappa shape index (κ3) is 2.95. The molecule has 1 aliphatic rings. The first-order valence-corrected chi connectivity index (χ1v) is 8.82. The van der Waals surface area contributed by atoms with Crippen LogP contribution in [-0.2, 0) is 9.84 Å². The van der Waals surface area contributed by atoms with Crippen LogP contribution in [0.2, 0.25) is 0 Å². The number of rotatable bonds is 4. The molecule has 0 saturated carbocycles. The lowest BCUT2D eigenvalue weighted by molar-refractivity contribution is 0.0744. The molecule has 1 aromatic rings. The van der Waals surface area contributed by atoms with Crippen molar-refractivity contribution in [1.29, 1.82) is 0 Å². The zero-order valence-electron chi connectivity index (χ0n) is 11.3. The van der Waals surface area contributed by atoms with Gasteiger partial charge in [-0.25, -0.2) is 8.42 Å². The third-order valence-corrected chi connectivity index (χ3v) is 6.07. The molecule has 0 aliphatic carbocycles. The molecule has 2 rings (SSSR count). The summed E-state index contributed by atoms with van der Waals surface area (Å²) in [6, 6.07) is 0.968. The summed E-state index contributed by atoms with van der Waals surface area (Å²) in [5.74, 6) is -3.90. The van der Waals surface area contributed by atoms with Crippen LogP contribution in [0.4, 0.5) is 8.78 Å². The van der Waals surface area contributed by atoms with Crippen LogP contribution >= 0.6 is 11.3 Å². The molecule has 2 heterocycles. The molecular formula is C12H16F2N2O3S2. The molecular weight excluding hydrogens is 322 g/mol. The number of sulfone groups is 1. The Labute approximate surface area is 125 Å². The van der Waals surface area contributed by atoms with Gasteiger partial charge in [-0.3, -0.25) is 4.79 Å². The molecule has 1 fully saturated rings. The summed E-state index contributed by atoms with van der Waals surface area (Å²) >= 11 is 0.865. The summed E-state index contributed by atoms with van der Waals surface area (Å²) < 4.78 is 48.5. The van der Waals surface area contributed by atoms with Gasteiger partial charge in [0.1, 0.15) is 4.88 Å². The van der Waals surface area contributed by atoms with Crippen LogP contribution in [-0.4, -0.2) is 44.1 Å². The van der Waals surface area contributed by atoms with Crippen LogP contribution in [0.5, 0.6) is 0 Å². The van der Waals surface area contributed by atoms with E-state index >= 15 is 0 Å². The summed E-state index contributed by atoms with van der Waals surface area (Å²) in [5.41, 5.74) is 5.59. The van der Waals surface area contributed by atoms with E-state index in [9.17, 15) is 22.0 Å². The maximum Gasteiger partial charge on any atom is 0.341 e. The molecule has 5 nitrogen and oxygen atoms in total. The number of nitrogens with zero attached hydrogens (tertiary/aromatic N) is 1. The van der Waals surface area contributed by atoms with Crippen molar-refractivity contribution in [3.05, 3.63) is 16.3 Å². The fourth-order valence-electron chi connectivity index (χ4n) is 2.50. The van der Waals surface area contributed by atoms with E-state index in [0.717, 1.165) is 23.8 Å². The van der Waals surface area contributed by atoms with Crippen molar-refractivity contribution in [3.63, 3.8) is 0 Å². The molecule has 21 heavy (non-hydrogen) atoms. The highest BCUT2D eigenvalue weighted by Gasteiger charge is 2.37. The Morgan fingerprint density at radius 1 is 1.57 bits per heavy atom. The molecule has 1 saturated heterocycles. The second kappa shape index (κ2) is 5.98.